The number of hydrogen-bond acceptors (Lipinski definition) is 4. The van der Waals surface area contributed by atoms with E-state index in [1.54, 1.807) is 0 Å². The minimum Gasteiger partial charge on any atom is -0.343 e. The van der Waals surface area contributed by atoms with Gasteiger partial charge in [-0.05, 0) is 36.1 Å². The number of alkyl halides is 3. The van der Waals surface area contributed by atoms with Gasteiger partial charge in [0.05, 0.1) is 23.9 Å². The van der Waals surface area contributed by atoms with Crippen LogP contribution in [0, 0.1) is 6.92 Å². The third-order valence-electron chi connectivity index (χ3n) is 3.16. The van der Waals surface area contributed by atoms with Gasteiger partial charge >= 0.3 is 6.18 Å². The predicted octanol–water partition coefficient (Wildman–Crippen LogP) is 2.96. The van der Waals surface area contributed by atoms with E-state index in [0.717, 1.165) is 22.6 Å². The van der Waals surface area contributed by atoms with Gasteiger partial charge in [0.2, 0.25) is 0 Å². The van der Waals surface area contributed by atoms with Gasteiger partial charge in [-0.3, -0.25) is 9.59 Å². The van der Waals surface area contributed by atoms with Gasteiger partial charge in [-0.1, -0.05) is 12.1 Å². The summed E-state index contributed by atoms with van der Waals surface area (Å²) >= 11 is 1.44. The topological polar surface area (TPSA) is 70.6 Å². The average molecular weight is 369 g/mol. The fraction of sp³-hybridized carbons (Fsp3) is 0.188. The molecule has 2 amide bonds. The lowest BCUT2D eigenvalue weighted by Gasteiger charge is -2.12. The highest BCUT2D eigenvalue weighted by molar-refractivity contribution is 7.11. The van der Waals surface area contributed by atoms with Gasteiger partial charge in [0, 0.05) is 4.88 Å². The molecule has 0 saturated heterocycles. The number of hydrazone groups is 1. The van der Waals surface area contributed by atoms with E-state index in [1.165, 1.54) is 29.7 Å². The summed E-state index contributed by atoms with van der Waals surface area (Å²) in [6.07, 6.45) is -3.20. The van der Waals surface area contributed by atoms with Crippen LogP contribution in [0.3, 0.4) is 0 Å². The number of benzene rings is 1. The first-order valence-corrected chi connectivity index (χ1v) is 7.97. The van der Waals surface area contributed by atoms with E-state index in [1.807, 2.05) is 18.4 Å². The van der Waals surface area contributed by atoms with E-state index in [2.05, 4.69) is 15.8 Å². The van der Waals surface area contributed by atoms with Crippen molar-refractivity contribution in [1.29, 1.82) is 0 Å². The molecule has 5 nitrogen and oxygen atoms in total. The normalized spacial score (nSPS) is 11.5. The minimum absolute atomic E-state index is 0.494. The van der Waals surface area contributed by atoms with Gasteiger partial charge < -0.3 is 5.32 Å². The second kappa shape index (κ2) is 7.93. The SMILES string of the molecule is Cc1ccsc1/C=N\NC(=O)CNC(=O)c1ccccc1C(F)(F)F. The number of rotatable bonds is 5. The minimum atomic E-state index is -4.65. The molecule has 1 heterocycles. The number of carbonyl (C=O) groups excluding carboxylic acids is 2. The first-order chi connectivity index (χ1) is 11.8. The highest BCUT2D eigenvalue weighted by Crippen LogP contribution is 2.31. The molecular weight excluding hydrogens is 355 g/mol. The van der Waals surface area contributed by atoms with E-state index in [9.17, 15) is 22.8 Å². The molecule has 0 aliphatic heterocycles. The Bertz CT molecular complexity index is 800. The maximum atomic E-state index is 12.9. The third-order valence-corrected chi connectivity index (χ3v) is 4.11. The molecular formula is C16H14F3N3O2S. The molecule has 132 valence electrons. The van der Waals surface area contributed by atoms with Crippen molar-refractivity contribution in [3.05, 3.63) is 57.3 Å². The number of amides is 2. The van der Waals surface area contributed by atoms with Crippen molar-refractivity contribution in [2.75, 3.05) is 6.54 Å². The van der Waals surface area contributed by atoms with Crippen molar-refractivity contribution in [1.82, 2.24) is 10.7 Å². The molecule has 0 atom stereocenters. The number of hydrogen-bond donors (Lipinski definition) is 2. The van der Waals surface area contributed by atoms with Crippen molar-refractivity contribution in [3.63, 3.8) is 0 Å². The van der Waals surface area contributed by atoms with Gasteiger partial charge in [0.25, 0.3) is 11.8 Å². The second-order valence-corrected chi connectivity index (χ2v) is 5.93. The molecule has 2 aromatic rings. The van der Waals surface area contributed by atoms with E-state index >= 15 is 0 Å². The molecule has 25 heavy (non-hydrogen) atoms. The third kappa shape index (κ3) is 5.15. The zero-order valence-electron chi connectivity index (χ0n) is 13.1. The van der Waals surface area contributed by atoms with Gasteiger partial charge in [0.15, 0.2) is 0 Å². The Morgan fingerprint density at radius 2 is 1.96 bits per heavy atom. The van der Waals surface area contributed by atoms with Crippen LogP contribution in [-0.4, -0.2) is 24.6 Å². The van der Waals surface area contributed by atoms with E-state index < -0.39 is 35.7 Å². The Balaban J connectivity index is 1.91. The number of aryl methyl sites for hydroxylation is 1. The fourth-order valence-electron chi connectivity index (χ4n) is 1.90. The Morgan fingerprint density at radius 1 is 1.24 bits per heavy atom. The fourth-order valence-corrected chi connectivity index (χ4v) is 2.69. The summed E-state index contributed by atoms with van der Waals surface area (Å²) in [5, 5.41) is 7.75. The number of nitrogens with zero attached hydrogens (tertiary/aromatic N) is 1. The highest BCUT2D eigenvalue weighted by atomic mass is 32.1. The van der Waals surface area contributed by atoms with Gasteiger partial charge in [-0.25, -0.2) is 5.43 Å². The van der Waals surface area contributed by atoms with Crippen molar-refractivity contribution < 1.29 is 22.8 Å². The number of nitrogens with one attached hydrogen (secondary N) is 2. The van der Waals surface area contributed by atoms with Gasteiger partial charge in [-0.2, -0.15) is 18.3 Å². The molecule has 0 fully saturated rings. The molecule has 0 saturated carbocycles. The molecule has 0 radical (unpaired) electrons. The lowest BCUT2D eigenvalue weighted by Crippen LogP contribution is -2.35. The number of thiophene rings is 1. The Labute approximate surface area is 145 Å². The maximum Gasteiger partial charge on any atom is 0.417 e. The zero-order valence-corrected chi connectivity index (χ0v) is 13.9. The summed E-state index contributed by atoms with van der Waals surface area (Å²) < 4.78 is 38.6. The molecule has 0 aliphatic carbocycles. The van der Waals surface area contributed by atoms with Crippen LogP contribution in [0.4, 0.5) is 13.2 Å². The molecule has 0 aliphatic rings. The van der Waals surface area contributed by atoms with Gasteiger partial charge in [-0.15, -0.1) is 11.3 Å². The lowest BCUT2D eigenvalue weighted by molar-refractivity contribution is -0.137. The number of halogens is 3. The Kier molecular flexibility index (Phi) is 5.92. The predicted molar refractivity (Wildman–Crippen MR) is 88.6 cm³/mol. The maximum absolute atomic E-state index is 12.9. The summed E-state index contributed by atoms with van der Waals surface area (Å²) in [6, 6.07) is 6.26. The second-order valence-electron chi connectivity index (χ2n) is 4.99. The number of carbonyl (C=O) groups is 2. The van der Waals surface area contributed by atoms with Crippen LogP contribution >= 0.6 is 11.3 Å². The Hall–Kier alpha value is -2.68. The summed E-state index contributed by atoms with van der Waals surface area (Å²) in [5.41, 5.74) is 1.60. The van der Waals surface area contributed by atoms with Crippen LogP contribution in [0.15, 0.2) is 40.8 Å². The molecule has 1 aromatic carbocycles. The van der Waals surface area contributed by atoms with Crippen molar-refractivity contribution in [2.24, 2.45) is 5.10 Å². The summed E-state index contributed by atoms with van der Waals surface area (Å²) in [4.78, 5) is 24.4. The van der Waals surface area contributed by atoms with E-state index in [0.29, 0.717) is 0 Å². The lowest BCUT2D eigenvalue weighted by atomic mass is 10.1. The van der Waals surface area contributed by atoms with Crippen molar-refractivity contribution >= 4 is 29.4 Å². The first-order valence-electron chi connectivity index (χ1n) is 7.09. The summed E-state index contributed by atoms with van der Waals surface area (Å²) in [5.74, 6) is -1.63. The van der Waals surface area contributed by atoms with Crippen LogP contribution < -0.4 is 10.7 Å². The largest absolute Gasteiger partial charge is 0.417 e. The van der Waals surface area contributed by atoms with Crippen LogP contribution in [0.5, 0.6) is 0 Å². The molecule has 2 rings (SSSR count). The average Bonchev–Trinajstić information content (AvgIpc) is 2.97. The smallest absolute Gasteiger partial charge is 0.343 e. The quantitative estimate of drug-likeness (QED) is 0.628. The van der Waals surface area contributed by atoms with Crippen LogP contribution in [-0.2, 0) is 11.0 Å². The first kappa shape index (κ1) is 18.7. The van der Waals surface area contributed by atoms with Crippen molar-refractivity contribution in [3.8, 4) is 0 Å². The summed E-state index contributed by atoms with van der Waals surface area (Å²) in [7, 11) is 0. The van der Waals surface area contributed by atoms with Crippen LogP contribution in [0.2, 0.25) is 0 Å². The summed E-state index contributed by atoms with van der Waals surface area (Å²) in [6.45, 7) is 1.39. The zero-order chi connectivity index (χ0) is 18.4. The van der Waals surface area contributed by atoms with Crippen LogP contribution in [0.1, 0.15) is 26.4 Å². The monoisotopic (exact) mass is 369 g/mol. The molecule has 0 unspecified atom stereocenters. The molecule has 0 bridgehead atoms. The molecule has 2 N–H and O–H groups in total. The Morgan fingerprint density at radius 3 is 2.60 bits per heavy atom. The van der Waals surface area contributed by atoms with Crippen LogP contribution in [0.25, 0.3) is 0 Å². The molecule has 0 spiro atoms. The van der Waals surface area contributed by atoms with Crippen molar-refractivity contribution in [2.45, 2.75) is 13.1 Å². The van der Waals surface area contributed by atoms with E-state index in [4.69, 9.17) is 0 Å². The van der Waals surface area contributed by atoms with Gasteiger partial charge in [0.1, 0.15) is 0 Å². The molecule has 9 heteroatoms. The standard InChI is InChI=1S/C16H14F3N3O2S/c1-10-6-7-25-13(10)8-21-22-14(23)9-20-15(24)11-4-2-3-5-12(11)16(17,18)19/h2-8H,9H2,1H3,(H,20,24)(H,22,23)/b21-8-. The highest BCUT2D eigenvalue weighted by Gasteiger charge is 2.34. The van der Waals surface area contributed by atoms with E-state index in [-0.39, 0.29) is 0 Å². The molecule has 1 aromatic heterocycles.